The lowest BCUT2D eigenvalue weighted by Gasteiger charge is -2.02. The number of anilines is 2. The van der Waals surface area contributed by atoms with Crippen molar-refractivity contribution in [1.29, 1.82) is 0 Å². The van der Waals surface area contributed by atoms with Gasteiger partial charge >= 0.3 is 0 Å². The average molecular weight is 259 g/mol. The fourth-order valence-electron chi connectivity index (χ4n) is 1.37. The van der Waals surface area contributed by atoms with Gasteiger partial charge in [0.05, 0.1) is 5.69 Å². The summed E-state index contributed by atoms with van der Waals surface area (Å²) in [6.07, 6.45) is 2.15. The molecule has 2 heterocycles. The fraction of sp³-hybridized carbons (Fsp3) is 0. The zero-order chi connectivity index (χ0) is 13.4. The molecule has 0 saturated heterocycles. The van der Waals surface area contributed by atoms with Crippen molar-refractivity contribution in [2.75, 3.05) is 11.5 Å². The molecule has 0 atom stereocenters. The zero-order valence-electron chi connectivity index (χ0n) is 8.79. The van der Waals surface area contributed by atoms with E-state index >= 15 is 0 Å². The Kier molecular flexibility index (Phi) is 2.77. The Morgan fingerprint density at radius 1 is 0.944 bits per heavy atom. The van der Waals surface area contributed by atoms with Crippen LogP contribution in [0.15, 0.2) is 18.5 Å². The number of hydrogen-bond donors (Lipinski definition) is 2. The molecule has 2 aromatic rings. The predicted octanol–water partition coefficient (Wildman–Crippen LogP) is 1.08. The van der Waals surface area contributed by atoms with Gasteiger partial charge in [-0.3, -0.25) is 0 Å². The van der Waals surface area contributed by atoms with Gasteiger partial charge < -0.3 is 11.5 Å². The summed E-state index contributed by atoms with van der Waals surface area (Å²) < 4.78 is 53.5. The third-order valence-electron chi connectivity index (χ3n) is 2.26. The predicted molar refractivity (Wildman–Crippen MR) is 54.4 cm³/mol. The standard InChI is InChI=1S/C10H6F4N4/c11-6-8(7(12)10(14)17-9(6)13)18-2-1-4(15)5(16)3-18/h1-3,15H,16H2/p+1. The molecule has 0 saturated carbocycles. The second kappa shape index (κ2) is 4.13. The van der Waals surface area contributed by atoms with E-state index in [2.05, 4.69) is 4.98 Å². The Morgan fingerprint density at radius 3 is 2.00 bits per heavy atom. The maximum absolute atomic E-state index is 13.4. The number of halogens is 4. The Hall–Kier alpha value is -2.38. The van der Waals surface area contributed by atoms with E-state index in [9.17, 15) is 17.6 Å². The minimum atomic E-state index is -1.74. The van der Waals surface area contributed by atoms with Crippen molar-refractivity contribution in [3.8, 4) is 5.69 Å². The second-order valence-electron chi connectivity index (χ2n) is 3.43. The molecule has 2 rings (SSSR count). The van der Waals surface area contributed by atoms with Crippen molar-refractivity contribution >= 4 is 11.4 Å². The van der Waals surface area contributed by atoms with E-state index in [0.717, 1.165) is 17.0 Å². The number of rotatable bonds is 1. The summed E-state index contributed by atoms with van der Waals surface area (Å²) in [6, 6.07) is 1.24. The maximum atomic E-state index is 13.4. The van der Waals surface area contributed by atoms with Gasteiger partial charge in [-0.1, -0.05) is 0 Å². The minimum absolute atomic E-state index is 0.00827. The van der Waals surface area contributed by atoms with Crippen LogP contribution >= 0.6 is 0 Å². The van der Waals surface area contributed by atoms with Gasteiger partial charge in [-0.25, -0.2) is 0 Å². The average Bonchev–Trinajstić information content (AvgIpc) is 2.31. The molecule has 4 nitrogen and oxygen atoms in total. The van der Waals surface area contributed by atoms with Gasteiger partial charge in [-0.15, -0.1) is 0 Å². The van der Waals surface area contributed by atoms with E-state index in [0.29, 0.717) is 0 Å². The Morgan fingerprint density at radius 2 is 1.50 bits per heavy atom. The molecule has 0 fully saturated rings. The van der Waals surface area contributed by atoms with Crippen molar-refractivity contribution in [3.05, 3.63) is 42.0 Å². The molecule has 18 heavy (non-hydrogen) atoms. The first-order valence-corrected chi connectivity index (χ1v) is 4.68. The van der Waals surface area contributed by atoms with Crippen molar-refractivity contribution < 1.29 is 22.1 Å². The lowest BCUT2D eigenvalue weighted by molar-refractivity contribution is -0.599. The highest BCUT2D eigenvalue weighted by Crippen LogP contribution is 2.18. The molecule has 0 aliphatic carbocycles. The van der Waals surface area contributed by atoms with Gasteiger partial charge in [-0.05, 0) is 0 Å². The van der Waals surface area contributed by atoms with E-state index in [1.54, 1.807) is 0 Å². The summed E-state index contributed by atoms with van der Waals surface area (Å²) in [4.78, 5) is 2.45. The number of aromatic nitrogens is 2. The first kappa shape index (κ1) is 12.1. The van der Waals surface area contributed by atoms with Crippen molar-refractivity contribution in [3.63, 3.8) is 0 Å². The number of pyridine rings is 2. The molecule has 94 valence electrons. The number of nitrogens with zero attached hydrogens (tertiary/aromatic N) is 2. The van der Waals surface area contributed by atoms with Crippen LogP contribution in [-0.2, 0) is 0 Å². The quantitative estimate of drug-likeness (QED) is 0.457. The van der Waals surface area contributed by atoms with Crippen LogP contribution in [0, 0.1) is 23.5 Å². The molecule has 2 aromatic heterocycles. The number of nitrogen functional groups attached to an aromatic ring is 2. The van der Waals surface area contributed by atoms with Crippen LogP contribution in [0.2, 0.25) is 0 Å². The summed E-state index contributed by atoms with van der Waals surface area (Å²) in [7, 11) is 0. The molecule has 0 amide bonds. The molecule has 0 aliphatic heterocycles. The molecule has 4 N–H and O–H groups in total. The molecular formula is C10H7F4N4+. The summed E-state index contributed by atoms with van der Waals surface area (Å²) in [5, 5.41) is 0. The summed E-state index contributed by atoms with van der Waals surface area (Å²) in [5.41, 5.74) is 10.1. The van der Waals surface area contributed by atoms with Crippen LogP contribution in [0.3, 0.4) is 0 Å². The highest BCUT2D eigenvalue weighted by molar-refractivity contribution is 5.59. The van der Waals surface area contributed by atoms with Crippen LogP contribution in [0.1, 0.15) is 0 Å². The Labute approximate surface area is 98.5 Å². The van der Waals surface area contributed by atoms with Gasteiger partial charge in [-0.2, -0.15) is 27.1 Å². The highest BCUT2D eigenvalue weighted by atomic mass is 19.2. The van der Waals surface area contributed by atoms with Gasteiger partial charge in [0.25, 0.3) is 29.2 Å². The monoisotopic (exact) mass is 259 g/mol. The minimum Gasteiger partial charge on any atom is -0.397 e. The van der Waals surface area contributed by atoms with Crippen LogP contribution in [0.25, 0.3) is 5.69 Å². The van der Waals surface area contributed by atoms with Crippen molar-refractivity contribution in [1.82, 2.24) is 4.98 Å². The number of nitrogens with two attached hydrogens (primary N) is 2. The summed E-state index contributed by atoms with van der Waals surface area (Å²) >= 11 is 0. The smallest absolute Gasteiger partial charge is 0.292 e. The summed E-state index contributed by atoms with van der Waals surface area (Å²) in [6.45, 7) is 0. The molecule has 0 radical (unpaired) electrons. The lowest BCUT2D eigenvalue weighted by Crippen LogP contribution is -2.34. The zero-order valence-corrected chi connectivity index (χ0v) is 8.79. The Balaban J connectivity index is 2.74. The van der Waals surface area contributed by atoms with Crippen molar-refractivity contribution in [2.45, 2.75) is 0 Å². The third kappa shape index (κ3) is 1.81. The molecular weight excluding hydrogens is 252 g/mol. The van der Waals surface area contributed by atoms with E-state index in [1.165, 1.54) is 6.07 Å². The van der Waals surface area contributed by atoms with Gasteiger partial charge in [0, 0.05) is 6.07 Å². The fourth-order valence-corrected chi connectivity index (χ4v) is 1.37. The third-order valence-corrected chi connectivity index (χ3v) is 2.26. The highest BCUT2D eigenvalue weighted by Gasteiger charge is 2.28. The first-order chi connectivity index (χ1) is 8.41. The SMILES string of the molecule is Nc1cc[n+](-c2c(F)c(F)nc(F)c2F)cc1N. The summed E-state index contributed by atoms with van der Waals surface area (Å²) in [5.74, 6) is -6.73. The maximum Gasteiger partial charge on any atom is 0.292 e. The topological polar surface area (TPSA) is 68.8 Å². The lowest BCUT2D eigenvalue weighted by atomic mass is 10.3. The Bertz CT molecular complexity index is 604. The van der Waals surface area contributed by atoms with Gasteiger partial charge in [0.15, 0.2) is 12.4 Å². The van der Waals surface area contributed by atoms with E-state index in [4.69, 9.17) is 11.5 Å². The normalized spacial score (nSPS) is 10.7. The largest absolute Gasteiger partial charge is 0.397 e. The van der Waals surface area contributed by atoms with E-state index < -0.39 is 29.2 Å². The number of hydrogen-bond acceptors (Lipinski definition) is 3. The molecule has 0 unspecified atom stereocenters. The van der Waals surface area contributed by atoms with Crippen LogP contribution < -0.4 is 16.0 Å². The van der Waals surface area contributed by atoms with Gasteiger partial charge in [0.2, 0.25) is 0 Å². The molecule has 8 heteroatoms. The van der Waals surface area contributed by atoms with E-state index in [-0.39, 0.29) is 11.4 Å². The van der Waals surface area contributed by atoms with Gasteiger partial charge in [0.1, 0.15) is 5.69 Å². The van der Waals surface area contributed by atoms with E-state index in [1.807, 2.05) is 0 Å². The second-order valence-corrected chi connectivity index (χ2v) is 3.43. The van der Waals surface area contributed by atoms with Crippen LogP contribution in [-0.4, -0.2) is 4.98 Å². The first-order valence-electron chi connectivity index (χ1n) is 4.68. The molecule has 0 spiro atoms. The molecule has 0 bridgehead atoms. The van der Waals surface area contributed by atoms with Crippen LogP contribution in [0.5, 0.6) is 0 Å². The van der Waals surface area contributed by atoms with Crippen LogP contribution in [0.4, 0.5) is 28.9 Å². The molecule has 0 aliphatic rings. The molecule has 0 aromatic carbocycles. The van der Waals surface area contributed by atoms with Crippen molar-refractivity contribution in [2.24, 2.45) is 0 Å².